The summed E-state index contributed by atoms with van der Waals surface area (Å²) < 4.78 is 11.6. The summed E-state index contributed by atoms with van der Waals surface area (Å²) in [7, 11) is 1.53. The molecule has 1 fully saturated rings. The Hall–Kier alpha value is -2.64. The molecule has 1 aliphatic heterocycles. The third-order valence-corrected chi connectivity index (χ3v) is 5.54. The minimum atomic E-state index is -0.699. The van der Waals surface area contributed by atoms with E-state index in [1.54, 1.807) is 24.3 Å². The zero-order valence-electron chi connectivity index (χ0n) is 17.8. The zero-order valence-corrected chi connectivity index (χ0v) is 19.4. The summed E-state index contributed by atoms with van der Waals surface area (Å²) >= 11 is 3.46. The maximum atomic E-state index is 13.0. The average Bonchev–Trinajstić information content (AvgIpc) is 3.01. The molecule has 0 bridgehead atoms. The summed E-state index contributed by atoms with van der Waals surface area (Å²) in [4.78, 5) is 27.4. The van der Waals surface area contributed by atoms with Gasteiger partial charge in [-0.3, -0.25) is 9.59 Å². The summed E-state index contributed by atoms with van der Waals surface area (Å²) in [5.41, 5.74) is 1.23. The lowest BCUT2D eigenvalue weighted by Crippen LogP contribution is -2.31. The fourth-order valence-electron chi connectivity index (χ4n) is 3.61. The maximum absolute atomic E-state index is 13.0. The number of hydrogen-bond donors (Lipinski definition) is 1. The number of benzene rings is 2. The Bertz CT molecular complexity index is 1000. The molecule has 1 aliphatic rings. The minimum Gasteiger partial charge on any atom is -0.507 e. The predicted octanol–water partition coefficient (Wildman–Crippen LogP) is 4.69. The maximum Gasteiger partial charge on any atom is 0.295 e. The molecule has 0 aliphatic carbocycles. The summed E-state index contributed by atoms with van der Waals surface area (Å²) in [6.07, 6.45) is 0.666. The number of likely N-dealkylation sites (tertiary alicyclic amines) is 1. The molecule has 2 aromatic rings. The fourth-order valence-corrected chi connectivity index (χ4v) is 4.03. The molecule has 1 saturated heterocycles. The highest BCUT2D eigenvalue weighted by Gasteiger charge is 2.45. The van der Waals surface area contributed by atoms with Gasteiger partial charge >= 0.3 is 0 Å². The van der Waals surface area contributed by atoms with E-state index in [9.17, 15) is 14.7 Å². The second-order valence-corrected chi connectivity index (χ2v) is 8.47. The van der Waals surface area contributed by atoms with Crippen molar-refractivity contribution in [1.82, 2.24) is 4.90 Å². The van der Waals surface area contributed by atoms with Crippen LogP contribution in [-0.2, 0) is 14.3 Å². The number of ether oxygens (including phenoxy) is 2. The van der Waals surface area contributed by atoms with Gasteiger partial charge in [0, 0.05) is 23.2 Å². The van der Waals surface area contributed by atoms with E-state index in [4.69, 9.17) is 9.47 Å². The Kier molecular flexibility index (Phi) is 7.51. The van der Waals surface area contributed by atoms with Crippen molar-refractivity contribution in [3.63, 3.8) is 0 Å². The van der Waals surface area contributed by atoms with Gasteiger partial charge in [-0.25, -0.2) is 0 Å². The lowest BCUT2D eigenvalue weighted by molar-refractivity contribution is -0.140. The first-order chi connectivity index (χ1) is 14.8. The molecule has 1 atom stereocenters. The number of carbonyl (C=O) groups excluding carboxylic acids is 2. The largest absolute Gasteiger partial charge is 0.507 e. The van der Waals surface area contributed by atoms with Gasteiger partial charge in [0.2, 0.25) is 0 Å². The van der Waals surface area contributed by atoms with Gasteiger partial charge in [-0.1, -0.05) is 40.2 Å². The summed E-state index contributed by atoms with van der Waals surface area (Å²) in [5, 5.41) is 11.1. The number of halogens is 1. The molecule has 0 aromatic heterocycles. The second kappa shape index (κ2) is 10.1. The number of aliphatic hydroxyl groups excluding tert-OH is 1. The van der Waals surface area contributed by atoms with E-state index in [0.717, 1.165) is 10.0 Å². The average molecular weight is 488 g/mol. The molecule has 1 N–H and O–H groups in total. The van der Waals surface area contributed by atoms with Gasteiger partial charge in [-0.15, -0.1) is 0 Å². The molecule has 6 nitrogen and oxygen atoms in total. The number of amides is 1. The van der Waals surface area contributed by atoms with Crippen molar-refractivity contribution in [3.8, 4) is 5.75 Å². The van der Waals surface area contributed by atoms with Crippen LogP contribution in [-0.4, -0.2) is 48.1 Å². The second-order valence-electron chi connectivity index (χ2n) is 7.55. The number of carbonyl (C=O) groups is 2. The van der Waals surface area contributed by atoms with Crippen LogP contribution in [0.1, 0.15) is 37.4 Å². The first kappa shape index (κ1) is 23.0. The van der Waals surface area contributed by atoms with Crippen LogP contribution in [0.4, 0.5) is 0 Å². The van der Waals surface area contributed by atoms with Gasteiger partial charge in [-0.2, -0.15) is 0 Å². The van der Waals surface area contributed by atoms with Gasteiger partial charge in [0.15, 0.2) is 0 Å². The molecule has 1 heterocycles. The number of rotatable bonds is 8. The molecule has 0 saturated carbocycles. The molecular weight excluding hydrogens is 462 g/mol. The van der Waals surface area contributed by atoms with Crippen LogP contribution >= 0.6 is 15.9 Å². The van der Waals surface area contributed by atoms with E-state index in [1.165, 1.54) is 12.0 Å². The summed E-state index contributed by atoms with van der Waals surface area (Å²) in [5.74, 6) is -1.000. The predicted molar refractivity (Wildman–Crippen MR) is 122 cm³/mol. The van der Waals surface area contributed by atoms with Gasteiger partial charge in [0.05, 0.1) is 24.8 Å². The quantitative estimate of drug-likeness (QED) is 0.253. The molecule has 164 valence electrons. The Morgan fingerprint density at radius 2 is 1.90 bits per heavy atom. The van der Waals surface area contributed by atoms with Crippen molar-refractivity contribution in [3.05, 3.63) is 69.7 Å². The van der Waals surface area contributed by atoms with Crippen LogP contribution in [0, 0.1) is 0 Å². The fraction of sp³-hybridized carbons (Fsp3) is 0.333. The number of aliphatic hydroxyl groups is 1. The zero-order chi connectivity index (χ0) is 22.5. The Labute approximate surface area is 190 Å². The Morgan fingerprint density at radius 1 is 1.16 bits per heavy atom. The summed E-state index contributed by atoms with van der Waals surface area (Å²) in [6, 6.07) is 13.5. The van der Waals surface area contributed by atoms with E-state index < -0.39 is 17.7 Å². The van der Waals surface area contributed by atoms with Crippen molar-refractivity contribution >= 4 is 33.4 Å². The number of nitrogens with zero attached hydrogens (tertiary/aromatic N) is 1. The third kappa shape index (κ3) is 5.17. The van der Waals surface area contributed by atoms with Gasteiger partial charge in [0.1, 0.15) is 11.5 Å². The highest BCUT2D eigenvalue weighted by molar-refractivity contribution is 9.10. The molecule has 0 unspecified atom stereocenters. The van der Waals surface area contributed by atoms with Crippen LogP contribution in [0.15, 0.2) is 58.6 Å². The normalized spacial score (nSPS) is 18.1. The van der Waals surface area contributed by atoms with Gasteiger partial charge in [0.25, 0.3) is 11.7 Å². The topological polar surface area (TPSA) is 76.1 Å². The molecule has 0 radical (unpaired) electrons. The number of hydrogen-bond acceptors (Lipinski definition) is 5. The van der Waals surface area contributed by atoms with Gasteiger partial charge in [-0.05, 0) is 50.1 Å². The number of methoxy groups -OCH3 is 1. The van der Waals surface area contributed by atoms with E-state index in [0.29, 0.717) is 30.9 Å². The first-order valence-electron chi connectivity index (χ1n) is 10.1. The molecular formula is C24H26BrNO5. The third-order valence-electron chi connectivity index (χ3n) is 5.04. The van der Waals surface area contributed by atoms with Crippen LogP contribution < -0.4 is 4.74 Å². The van der Waals surface area contributed by atoms with Crippen molar-refractivity contribution in [2.45, 2.75) is 32.4 Å². The lowest BCUT2D eigenvalue weighted by atomic mass is 9.95. The smallest absolute Gasteiger partial charge is 0.295 e. The monoisotopic (exact) mass is 487 g/mol. The molecule has 7 heteroatoms. The molecule has 0 spiro atoms. The van der Waals surface area contributed by atoms with Crippen LogP contribution in [0.3, 0.4) is 0 Å². The standard InChI is InChI=1S/C24H26BrNO5/c1-15(2)31-12-6-11-26-21(16-7-4-9-18(25)13-16)20(23(28)24(26)29)22(27)17-8-5-10-19(14-17)30-3/h4-5,7-10,13-15,21,27H,6,11-12H2,1-3H3/t21-/m1/s1. The van der Waals surface area contributed by atoms with Gasteiger partial charge < -0.3 is 19.5 Å². The van der Waals surface area contributed by atoms with Crippen LogP contribution in [0.25, 0.3) is 5.76 Å². The Balaban J connectivity index is 2.05. The van der Waals surface area contributed by atoms with Crippen molar-refractivity contribution in [1.29, 1.82) is 0 Å². The molecule has 31 heavy (non-hydrogen) atoms. The van der Waals surface area contributed by atoms with Crippen molar-refractivity contribution in [2.24, 2.45) is 0 Å². The minimum absolute atomic E-state index is 0.0705. The molecule has 2 aromatic carbocycles. The molecule has 3 rings (SSSR count). The first-order valence-corrected chi connectivity index (χ1v) is 10.9. The van der Waals surface area contributed by atoms with E-state index in [-0.39, 0.29) is 17.4 Å². The molecule has 1 amide bonds. The summed E-state index contributed by atoms with van der Waals surface area (Å²) in [6.45, 7) is 4.70. The lowest BCUT2D eigenvalue weighted by Gasteiger charge is -2.25. The van der Waals surface area contributed by atoms with E-state index >= 15 is 0 Å². The number of ketones is 1. The Morgan fingerprint density at radius 3 is 2.58 bits per heavy atom. The van der Waals surface area contributed by atoms with Crippen molar-refractivity contribution in [2.75, 3.05) is 20.3 Å². The van der Waals surface area contributed by atoms with Crippen molar-refractivity contribution < 1.29 is 24.2 Å². The van der Waals surface area contributed by atoms with Crippen LogP contribution in [0.5, 0.6) is 5.75 Å². The highest BCUT2D eigenvalue weighted by atomic mass is 79.9. The van der Waals surface area contributed by atoms with E-state index in [2.05, 4.69) is 15.9 Å². The van der Waals surface area contributed by atoms with Crippen LogP contribution in [0.2, 0.25) is 0 Å². The highest BCUT2D eigenvalue weighted by Crippen LogP contribution is 2.40. The SMILES string of the molecule is COc1cccc(C(O)=C2C(=O)C(=O)N(CCCOC(C)C)[C@@H]2c2cccc(Br)c2)c1. The van der Waals surface area contributed by atoms with E-state index in [1.807, 2.05) is 38.1 Å². The number of Topliss-reactive ketones (excluding diaryl/α,β-unsaturated/α-hetero) is 1.